The number of nitrogens with zero attached hydrogens (tertiary/aromatic N) is 2. The molecule has 0 spiro atoms. The summed E-state index contributed by atoms with van der Waals surface area (Å²) in [6, 6.07) is 25.8. The molecule has 3 aromatic carbocycles. The van der Waals surface area contributed by atoms with Gasteiger partial charge in [0.05, 0.1) is 13.0 Å². The fourth-order valence-electron chi connectivity index (χ4n) is 6.45. The highest BCUT2D eigenvalue weighted by Gasteiger charge is 2.40. The molecule has 2 aliphatic rings. The molecule has 6 rings (SSSR count). The molecular formula is C35H41N3O3. The standard InChI is InChI=1S/C35H41N3O3/c1-40-18-8-17-37-23-28(32-11-6-7-12-34(32)37)24-38(29-13-14-29)35(39)33-22-36-16-15-31(33)27-19-26(20-30(21-27)41-2)25-9-4-3-5-10-25/h3-7,9-12,19-21,23,29,31,33,36H,8,13-18,22,24H2,1-2H3/t31-,33+/m1/s1. The molecule has 4 aromatic rings. The van der Waals surface area contributed by atoms with Gasteiger partial charge in [0.15, 0.2) is 0 Å². The van der Waals surface area contributed by atoms with E-state index in [4.69, 9.17) is 9.47 Å². The van der Waals surface area contributed by atoms with Crippen molar-refractivity contribution >= 4 is 16.8 Å². The van der Waals surface area contributed by atoms with Crippen LogP contribution < -0.4 is 10.1 Å². The molecule has 1 saturated heterocycles. The number of rotatable bonds is 11. The lowest BCUT2D eigenvalue weighted by Crippen LogP contribution is -2.47. The van der Waals surface area contributed by atoms with Crippen molar-refractivity contribution in [1.29, 1.82) is 0 Å². The third-order valence-electron chi connectivity index (χ3n) is 8.73. The average Bonchev–Trinajstić information content (AvgIpc) is 3.82. The Bertz CT molecular complexity index is 1480. The SMILES string of the molecule is COCCCn1cc(CN(C(=O)[C@H]2CNCC[C@@H]2c2cc(OC)cc(-c3ccccc3)c2)C2CC2)c2ccccc21. The maximum absolute atomic E-state index is 14.5. The lowest BCUT2D eigenvalue weighted by Gasteiger charge is -2.36. The van der Waals surface area contributed by atoms with Crippen LogP contribution in [0, 0.1) is 5.92 Å². The van der Waals surface area contributed by atoms with Gasteiger partial charge in [0.1, 0.15) is 5.75 Å². The van der Waals surface area contributed by atoms with E-state index in [1.165, 1.54) is 22.0 Å². The second-order valence-electron chi connectivity index (χ2n) is 11.5. The Balaban J connectivity index is 1.30. The molecule has 41 heavy (non-hydrogen) atoms. The van der Waals surface area contributed by atoms with Gasteiger partial charge in [0.2, 0.25) is 5.91 Å². The molecule has 1 saturated carbocycles. The second-order valence-corrected chi connectivity index (χ2v) is 11.5. The molecule has 2 heterocycles. The van der Waals surface area contributed by atoms with Crippen LogP contribution in [0.25, 0.3) is 22.0 Å². The highest BCUT2D eigenvalue weighted by molar-refractivity contribution is 5.86. The van der Waals surface area contributed by atoms with E-state index < -0.39 is 0 Å². The number of amides is 1. The van der Waals surface area contributed by atoms with Crippen molar-refractivity contribution in [2.24, 2.45) is 5.92 Å². The number of methoxy groups -OCH3 is 2. The van der Waals surface area contributed by atoms with Crippen LogP contribution in [0.4, 0.5) is 0 Å². The summed E-state index contributed by atoms with van der Waals surface area (Å²) in [6.07, 6.45) is 6.31. The molecule has 6 nitrogen and oxygen atoms in total. The maximum Gasteiger partial charge on any atom is 0.228 e. The first-order chi connectivity index (χ1) is 20.2. The van der Waals surface area contributed by atoms with Gasteiger partial charge < -0.3 is 24.3 Å². The Morgan fingerprint density at radius 3 is 2.56 bits per heavy atom. The summed E-state index contributed by atoms with van der Waals surface area (Å²) >= 11 is 0. The van der Waals surface area contributed by atoms with E-state index in [2.05, 4.69) is 87.7 Å². The number of ether oxygens (including phenoxy) is 2. The van der Waals surface area contributed by atoms with Crippen LogP contribution in [0.5, 0.6) is 5.75 Å². The lowest BCUT2D eigenvalue weighted by atomic mass is 9.79. The first-order valence-electron chi connectivity index (χ1n) is 15.0. The molecule has 2 atom stereocenters. The number of nitrogens with one attached hydrogen (secondary N) is 1. The molecule has 1 aliphatic heterocycles. The average molecular weight is 552 g/mol. The molecule has 1 amide bonds. The third kappa shape index (κ3) is 6.04. The molecule has 0 bridgehead atoms. The van der Waals surface area contributed by atoms with Gasteiger partial charge >= 0.3 is 0 Å². The monoisotopic (exact) mass is 551 g/mol. The minimum Gasteiger partial charge on any atom is -0.497 e. The Labute approximate surface area is 243 Å². The summed E-state index contributed by atoms with van der Waals surface area (Å²) < 4.78 is 13.4. The fraction of sp³-hybridized carbons (Fsp3) is 0.400. The van der Waals surface area contributed by atoms with E-state index in [0.29, 0.717) is 19.1 Å². The number of benzene rings is 3. The Hall–Kier alpha value is -3.61. The molecule has 0 radical (unpaired) electrons. The lowest BCUT2D eigenvalue weighted by molar-refractivity contribution is -0.138. The van der Waals surface area contributed by atoms with Gasteiger partial charge in [-0.15, -0.1) is 0 Å². The van der Waals surface area contributed by atoms with Crippen LogP contribution in [0.3, 0.4) is 0 Å². The zero-order chi connectivity index (χ0) is 28.2. The largest absolute Gasteiger partial charge is 0.497 e. The van der Waals surface area contributed by atoms with E-state index >= 15 is 0 Å². The van der Waals surface area contributed by atoms with Crippen molar-refractivity contribution < 1.29 is 14.3 Å². The van der Waals surface area contributed by atoms with Crippen LogP contribution in [0.15, 0.2) is 79.0 Å². The number of para-hydroxylation sites is 1. The van der Waals surface area contributed by atoms with Gasteiger partial charge in [-0.25, -0.2) is 0 Å². The van der Waals surface area contributed by atoms with Crippen molar-refractivity contribution in [1.82, 2.24) is 14.8 Å². The summed E-state index contributed by atoms with van der Waals surface area (Å²) in [4.78, 5) is 16.6. The van der Waals surface area contributed by atoms with Gasteiger partial charge in [0.25, 0.3) is 0 Å². The van der Waals surface area contributed by atoms with Gasteiger partial charge in [-0.1, -0.05) is 54.6 Å². The minimum absolute atomic E-state index is 0.116. The number of piperidine rings is 1. The van der Waals surface area contributed by atoms with E-state index in [1.807, 2.05) is 6.07 Å². The summed E-state index contributed by atoms with van der Waals surface area (Å²) in [5, 5.41) is 4.77. The Kier molecular flexibility index (Phi) is 8.40. The molecule has 0 unspecified atom stereocenters. The summed E-state index contributed by atoms with van der Waals surface area (Å²) in [5.41, 5.74) is 5.93. The number of aryl methyl sites for hydroxylation is 1. The van der Waals surface area contributed by atoms with Crippen LogP contribution >= 0.6 is 0 Å². The number of aromatic nitrogens is 1. The number of carbonyl (C=O) groups excluding carboxylic acids is 1. The second kappa shape index (κ2) is 12.5. The first kappa shape index (κ1) is 27.6. The summed E-state index contributed by atoms with van der Waals surface area (Å²) in [6.45, 7) is 3.90. The topological polar surface area (TPSA) is 55.7 Å². The van der Waals surface area contributed by atoms with Crippen molar-refractivity contribution in [3.05, 3.63) is 90.1 Å². The van der Waals surface area contributed by atoms with E-state index in [9.17, 15) is 4.79 Å². The van der Waals surface area contributed by atoms with Crippen molar-refractivity contribution in [3.63, 3.8) is 0 Å². The third-order valence-corrected chi connectivity index (χ3v) is 8.73. The summed E-state index contributed by atoms with van der Waals surface area (Å²) in [5.74, 6) is 1.13. The highest BCUT2D eigenvalue weighted by Crippen LogP contribution is 2.39. The highest BCUT2D eigenvalue weighted by atomic mass is 16.5. The Morgan fingerprint density at radius 1 is 0.976 bits per heavy atom. The molecule has 2 fully saturated rings. The minimum atomic E-state index is -0.116. The predicted molar refractivity (Wildman–Crippen MR) is 164 cm³/mol. The van der Waals surface area contributed by atoms with Crippen molar-refractivity contribution in [2.45, 2.75) is 50.7 Å². The van der Waals surface area contributed by atoms with Crippen LogP contribution in [0.2, 0.25) is 0 Å². The number of fused-ring (bicyclic) bond motifs is 1. The predicted octanol–water partition coefficient (Wildman–Crippen LogP) is 6.24. The van der Waals surface area contributed by atoms with E-state index in [-0.39, 0.29) is 17.7 Å². The van der Waals surface area contributed by atoms with Crippen molar-refractivity contribution in [3.8, 4) is 16.9 Å². The Morgan fingerprint density at radius 2 is 1.78 bits per heavy atom. The zero-order valence-corrected chi connectivity index (χ0v) is 24.2. The van der Waals surface area contributed by atoms with Gasteiger partial charge in [0, 0.05) is 56.5 Å². The van der Waals surface area contributed by atoms with Crippen LogP contribution in [0.1, 0.15) is 42.7 Å². The quantitative estimate of drug-likeness (QED) is 0.224. The van der Waals surface area contributed by atoms with Gasteiger partial charge in [-0.2, -0.15) is 0 Å². The molecule has 1 aromatic heterocycles. The smallest absolute Gasteiger partial charge is 0.228 e. The fourth-order valence-corrected chi connectivity index (χ4v) is 6.45. The van der Waals surface area contributed by atoms with E-state index in [1.54, 1.807) is 14.2 Å². The molecule has 1 N–H and O–H groups in total. The molecule has 1 aliphatic carbocycles. The van der Waals surface area contributed by atoms with Gasteiger partial charge in [-0.3, -0.25) is 4.79 Å². The van der Waals surface area contributed by atoms with Crippen molar-refractivity contribution in [2.75, 3.05) is 33.9 Å². The molecular weight excluding hydrogens is 510 g/mol. The first-order valence-corrected chi connectivity index (χ1v) is 15.0. The number of hydrogen-bond acceptors (Lipinski definition) is 4. The molecule has 214 valence electrons. The van der Waals surface area contributed by atoms with E-state index in [0.717, 1.165) is 62.3 Å². The van der Waals surface area contributed by atoms with Gasteiger partial charge in [-0.05, 0) is 78.6 Å². The van der Waals surface area contributed by atoms with Crippen LogP contribution in [-0.2, 0) is 22.6 Å². The maximum atomic E-state index is 14.5. The normalized spacial score (nSPS) is 18.9. The van der Waals surface area contributed by atoms with Crippen LogP contribution in [-0.4, -0.2) is 55.3 Å². The summed E-state index contributed by atoms with van der Waals surface area (Å²) in [7, 11) is 3.47. The molecule has 6 heteroatoms. The zero-order valence-electron chi connectivity index (χ0n) is 24.2. The number of carbonyl (C=O) groups is 1. The number of hydrogen-bond donors (Lipinski definition) is 1.